The number of carbonyl (C=O) groups is 6. The number of nitrogens with one attached hydrogen (secondary N) is 3. The molecule has 3 N–H and O–H groups in total. The summed E-state index contributed by atoms with van der Waals surface area (Å²) >= 11 is 0. The predicted octanol–water partition coefficient (Wildman–Crippen LogP) is 6.13. The van der Waals surface area contributed by atoms with Crippen LogP contribution >= 0.6 is 0 Å². The molecule has 0 saturated carbocycles. The Morgan fingerprint density at radius 3 is 1.74 bits per heavy atom. The third-order valence-corrected chi connectivity index (χ3v) is 9.80. The molecule has 288 valence electrons. The van der Waals surface area contributed by atoms with E-state index in [1.807, 2.05) is 0 Å². The van der Waals surface area contributed by atoms with Crippen molar-refractivity contribution in [1.29, 1.82) is 0 Å². The highest BCUT2D eigenvalue weighted by Gasteiger charge is 2.40. The Morgan fingerprint density at radius 1 is 0.685 bits per heavy atom. The van der Waals surface area contributed by atoms with Crippen molar-refractivity contribution in [3.8, 4) is 0 Å². The number of unbranched alkanes of at least 4 members (excludes halogenated alkanes) is 11. The molecule has 3 heterocycles. The summed E-state index contributed by atoms with van der Waals surface area (Å²) in [5.74, 6) is -3.32. The molecule has 0 atom stereocenters. The number of esters is 1. The number of benzene rings is 2. The van der Waals surface area contributed by atoms with Crippen molar-refractivity contribution in [1.82, 2.24) is 25.1 Å². The van der Waals surface area contributed by atoms with Crippen LogP contribution in [0.1, 0.15) is 144 Å². The minimum absolute atomic E-state index is 0.00295. The van der Waals surface area contributed by atoms with Crippen molar-refractivity contribution < 1.29 is 33.5 Å². The van der Waals surface area contributed by atoms with Gasteiger partial charge in [-0.15, -0.1) is 0 Å². The Kier molecular flexibility index (Phi) is 14.1. The monoisotopic (exact) mass is 742 g/mol. The van der Waals surface area contributed by atoms with Crippen LogP contribution in [0.25, 0.3) is 10.8 Å². The van der Waals surface area contributed by atoms with E-state index in [0.717, 1.165) is 56.3 Å². The number of aromatic nitrogens is 2. The maximum absolute atomic E-state index is 13.5. The standard InChI is InChI=1S/C40H50N6O8/c1-3-5-7-9-11-12-14-16-26-24-31(47)43-39(42-26)44-40(53)41-21-23-54-32(48)25-46-37(51)29-19-17-27-33-28(18-20-30(34(29)33)38(46)52)36(50)45(35(27)49)22-15-13-10-8-6-4-2/h17-20,24H,3-16,21-23,25H2,1-2H3,(H3,41,42,43,44,47,53). The lowest BCUT2D eigenvalue weighted by atomic mass is 9.86. The average molecular weight is 743 g/mol. The van der Waals surface area contributed by atoms with Gasteiger partial charge in [-0.3, -0.25) is 48.9 Å². The van der Waals surface area contributed by atoms with Crippen LogP contribution in [-0.4, -0.2) is 81.6 Å². The molecule has 0 fully saturated rings. The van der Waals surface area contributed by atoms with Gasteiger partial charge >= 0.3 is 12.0 Å². The van der Waals surface area contributed by atoms with Crippen molar-refractivity contribution in [2.45, 2.75) is 104 Å². The maximum atomic E-state index is 13.5. The zero-order valence-electron chi connectivity index (χ0n) is 31.2. The topological polar surface area (TPSA) is 188 Å². The molecule has 2 aromatic carbocycles. The number of aryl methyl sites for hydroxylation is 1. The van der Waals surface area contributed by atoms with Gasteiger partial charge in [-0.2, -0.15) is 0 Å². The third-order valence-electron chi connectivity index (χ3n) is 9.80. The third kappa shape index (κ3) is 9.57. The van der Waals surface area contributed by atoms with Crippen LogP contribution in [0.3, 0.4) is 0 Å². The number of imide groups is 2. The molecule has 0 aliphatic carbocycles. The second-order valence-electron chi connectivity index (χ2n) is 13.9. The highest BCUT2D eigenvalue weighted by molar-refractivity contribution is 6.33. The SMILES string of the molecule is CCCCCCCCCc1cc(=O)[nH]c(NC(=O)NCCOC(=O)CN2C(=O)c3ccc4c5c(ccc(c35)C2=O)C(=O)N(CCCCCCCC)C4=O)n1. The van der Waals surface area contributed by atoms with Gasteiger partial charge in [0, 0.05) is 51.3 Å². The van der Waals surface area contributed by atoms with Crippen LogP contribution in [0.5, 0.6) is 0 Å². The minimum Gasteiger partial charge on any atom is -0.462 e. The van der Waals surface area contributed by atoms with Crippen LogP contribution < -0.4 is 16.2 Å². The smallest absolute Gasteiger partial charge is 0.326 e. The Morgan fingerprint density at radius 2 is 1.19 bits per heavy atom. The van der Waals surface area contributed by atoms with E-state index in [0.29, 0.717) is 18.5 Å². The Labute approximate surface area is 314 Å². The second-order valence-corrected chi connectivity index (χ2v) is 13.9. The van der Waals surface area contributed by atoms with Crippen molar-refractivity contribution in [2.75, 3.05) is 31.6 Å². The summed E-state index contributed by atoms with van der Waals surface area (Å²) < 4.78 is 5.20. The van der Waals surface area contributed by atoms with E-state index >= 15 is 0 Å². The number of rotatable bonds is 21. The van der Waals surface area contributed by atoms with Gasteiger partial charge in [-0.05, 0) is 43.5 Å². The molecule has 54 heavy (non-hydrogen) atoms. The van der Waals surface area contributed by atoms with Gasteiger partial charge in [-0.25, -0.2) is 9.78 Å². The largest absolute Gasteiger partial charge is 0.462 e. The van der Waals surface area contributed by atoms with E-state index in [4.69, 9.17) is 4.74 Å². The molecule has 0 spiro atoms. The highest BCUT2D eigenvalue weighted by Crippen LogP contribution is 2.38. The van der Waals surface area contributed by atoms with Crippen molar-refractivity contribution >= 4 is 52.3 Å². The number of hydrogen-bond acceptors (Lipinski definition) is 9. The summed E-state index contributed by atoms with van der Waals surface area (Å²) in [5, 5.41) is 5.47. The van der Waals surface area contributed by atoms with Crippen molar-refractivity contribution in [3.63, 3.8) is 0 Å². The molecule has 14 nitrogen and oxygen atoms in total. The molecule has 6 amide bonds. The van der Waals surface area contributed by atoms with Gasteiger partial charge in [0.1, 0.15) is 13.2 Å². The molecular formula is C40H50N6O8. The molecule has 0 saturated heterocycles. The minimum atomic E-state index is -0.882. The number of carbonyl (C=O) groups excluding carboxylic acids is 6. The molecule has 1 aromatic heterocycles. The van der Waals surface area contributed by atoms with E-state index < -0.39 is 42.2 Å². The van der Waals surface area contributed by atoms with Crippen LogP contribution in [0, 0.1) is 0 Å². The summed E-state index contributed by atoms with van der Waals surface area (Å²) in [6.45, 7) is 3.55. The van der Waals surface area contributed by atoms with E-state index in [2.05, 4.69) is 34.4 Å². The number of hydrogen-bond donors (Lipinski definition) is 3. The highest BCUT2D eigenvalue weighted by atomic mass is 16.5. The summed E-state index contributed by atoms with van der Waals surface area (Å²) in [6.07, 6.45) is 14.5. The number of anilines is 1. The average Bonchev–Trinajstić information content (AvgIpc) is 3.15. The quantitative estimate of drug-likeness (QED) is 0.0655. The van der Waals surface area contributed by atoms with Crippen molar-refractivity contribution in [2.24, 2.45) is 0 Å². The summed E-state index contributed by atoms with van der Waals surface area (Å²) in [5.41, 5.74) is 0.885. The fraction of sp³-hybridized carbons (Fsp3) is 0.500. The predicted molar refractivity (Wildman–Crippen MR) is 203 cm³/mol. The van der Waals surface area contributed by atoms with Gasteiger partial charge in [0.05, 0.1) is 6.54 Å². The first-order valence-corrected chi connectivity index (χ1v) is 19.3. The number of nitrogens with zero attached hydrogens (tertiary/aromatic N) is 3. The van der Waals surface area contributed by atoms with E-state index in [9.17, 15) is 33.6 Å². The van der Waals surface area contributed by atoms with E-state index in [-0.39, 0.29) is 64.2 Å². The molecule has 0 radical (unpaired) electrons. The van der Waals surface area contributed by atoms with E-state index in [1.54, 1.807) is 0 Å². The zero-order valence-corrected chi connectivity index (χ0v) is 31.2. The van der Waals surface area contributed by atoms with Gasteiger partial charge in [0.25, 0.3) is 29.2 Å². The van der Waals surface area contributed by atoms with E-state index in [1.165, 1.54) is 60.9 Å². The summed E-state index contributed by atoms with van der Waals surface area (Å²) in [6, 6.07) is 6.62. The fourth-order valence-electron chi connectivity index (χ4n) is 6.99. The molecule has 5 rings (SSSR count). The Hall–Kier alpha value is -5.40. The summed E-state index contributed by atoms with van der Waals surface area (Å²) in [4.78, 5) is 100. The lowest BCUT2D eigenvalue weighted by Gasteiger charge is -2.31. The van der Waals surface area contributed by atoms with Crippen molar-refractivity contribution in [3.05, 3.63) is 68.6 Å². The molecule has 2 aliphatic rings. The first-order chi connectivity index (χ1) is 26.1. The molecule has 0 bridgehead atoms. The zero-order chi connectivity index (χ0) is 38.6. The molecular weight excluding hydrogens is 692 g/mol. The Bertz CT molecular complexity index is 1890. The van der Waals surface area contributed by atoms with Crippen LogP contribution in [0.2, 0.25) is 0 Å². The van der Waals surface area contributed by atoms with Crippen LogP contribution in [-0.2, 0) is 16.0 Å². The Balaban J connectivity index is 1.11. The van der Waals surface area contributed by atoms with Gasteiger partial charge < -0.3 is 10.1 Å². The lowest BCUT2D eigenvalue weighted by Crippen LogP contribution is -2.45. The number of amides is 6. The molecule has 0 unspecified atom stereocenters. The van der Waals surface area contributed by atoms with Crippen LogP contribution in [0.15, 0.2) is 35.1 Å². The van der Waals surface area contributed by atoms with Gasteiger partial charge in [0.15, 0.2) is 0 Å². The molecule has 2 aliphatic heterocycles. The fourth-order valence-corrected chi connectivity index (χ4v) is 6.99. The maximum Gasteiger partial charge on any atom is 0.326 e. The first-order valence-electron chi connectivity index (χ1n) is 19.3. The number of urea groups is 1. The normalized spacial score (nSPS) is 13.5. The lowest BCUT2D eigenvalue weighted by molar-refractivity contribution is -0.143. The number of ether oxygens (including phenoxy) is 1. The van der Waals surface area contributed by atoms with Gasteiger partial charge in [0.2, 0.25) is 5.95 Å². The first kappa shape index (κ1) is 39.8. The second kappa shape index (κ2) is 19.1. The summed E-state index contributed by atoms with van der Waals surface area (Å²) in [7, 11) is 0. The molecule has 3 aromatic rings. The number of H-pyrrole nitrogens is 1. The van der Waals surface area contributed by atoms with Gasteiger partial charge in [-0.1, -0.05) is 84.5 Å². The number of aromatic amines is 1. The van der Waals surface area contributed by atoms with Crippen LogP contribution in [0.4, 0.5) is 10.7 Å². The molecule has 14 heteroatoms.